The Morgan fingerprint density at radius 2 is 1.88 bits per heavy atom. The van der Waals surface area contributed by atoms with Crippen molar-refractivity contribution in [3.63, 3.8) is 0 Å². The van der Waals surface area contributed by atoms with Crippen molar-refractivity contribution in [2.24, 2.45) is 0 Å². The van der Waals surface area contributed by atoms with Gasteiger partial charge in [-0.25, -0.2) is 0 Å². The number of amides is 1. The summed E-state index contributed by atoms with van der Waals surface area (Å²) in [5.41, 5.74) is 5.10. The summed E-state index contributed by atoms with van der Waals surface area (Å²) < 4.78 is 11.4. The van der Waals surface area contributed by atoms with E-state index < -0.39 is 0 Å². The Kier molecular flexibility index (Phi) is 7.72. The van der Waals surface area contributed by atoms with Crippen LogP contribution >= 0.6 is 11.3 Å². The maximum absolute atomic E-state index is 12.5. The number of rotatable bonds is 10. The van der Waals surface area contributed by atoms with Crippen LogP contribution in [0.25, 0.3) is 11.3 Å². The Morgan fingerprint density at radius 3 is 2.67 bits per heavy atom. The Morgan fingerprint density at radius 1 is 1.00 bits per heavy atom. The molecule has 0 saturated heterocycles. The van der Waals surface area contributed by atoms with Crippen molar-refractivity contribution >= 4 is 17.2 Å². The first-order chi connectivity index (χ1) is 16.2. The molecule has 0 atom stereocenters. The third-order valence-corrected chi connectivity index (χ3v) is 5.95. The van der Waals surface area contributed by atoms with E-state index in [-0.39, 0.29) is 5.91 Å². The van der Waals surface area contributed by atoms with E-state index in [1.807, 2.05) is 72.1 Å². The number of hydrogen-bond donors (Lipinski definition) is 1. The van der Waals surface area contributed by atoms with Gasteiger partial charge in [0.15, 0.2) is 11.5 Å². The lowest BCUT2D eigenvalue weighted by atomic mass is 10.1. The highest BCUT2D eigenvalue weighted by molar-refractivity contribution is 7.08. The number of carbonyl (C=O) groups is 1. The number of nitrogens with zero attached hydrogens (tertiary/aromatic N) is 1. The highest BCUT2D eigenvalue weighted by atomic mass is 32.1. The first-order valence-electron chi connectivity index (χ1n) is 10.8. The van der Waals surface area contributed by atoms with Gasteiger partial charge in [0.25, 0.3) is 0 Å². The quantitative estimate of drug-likeness (QED) is 0.334. The largest absolute Gasteiger partial charge is 0.493 e. The van der Waals surface area contributed by atoms with E-state index in [1.165, 1.54) is 0 Å². The molecule has 0 aliphatic heterocycles. The maximum Gasteiger partial charge on any atom is 0.220 e. The Hall–Kier alpha value is -3.64. The summed E-state index contributed by atoms with van der Waals surface area (Å²) in [5.74, 6) is 1.35. The number of pyridine rings is 1. The summed E-state index contributed by atoms with van der Waals surface area (Å²) in [6.45, 7) is 0.907. The van der Waals surface area contributed by atoms with Crippen molar-refractivity contribution in [2.75, 3.05) is 7.11 Å². The average Bonchev–Trinajstić information content (AvgIpc) is 3.41. The van der Waals surface area contributed by atoms with Crippen LogP contribution < -0.4 is 14.8 Å². The smallest absolute Gasteiger partial charge is 0.220 e. The molecule has 0 bridgehead atoms. The zero-order valence-corrected chi connectivity index (χ0v) is 19.3. The minimum atomic E-state index is -0.00214. The Labute approximate surface area is 198 Å². The lowest BCUT2D eigenvalue weighted by molar-refractivity contribution is -0.121. The number of carbonyl (C=O) groups excluding carboxylic acids is 1. The van der Waals surface area contributed by atoms with Crippen molar-refractivity contribution < 1.29 is 14.3 Å². The molecule has 0 aliphatic rings. The molecule has 6 heteroatoms. The molecule has 0 spiro atoms. The fourth-order valence-electron chi connectivity index (χ4n) is 3.51. The molecule has 2 heterocycles. The van der Waals surface area contributed by atoms with Gasteiger partial charge in [-0.2, -0.15) is 11.3 Å². The van der Waals surface area contributed by atoms with Crippen molar-refractivity contribution in [2.45, 2.75) is 26.0 Å². The number of aromatic nitrogens is 1. The molecule has 5 nitrogen and oxygen atoms in total. The maximum atomic E-state index is 12.5. The minimum Gasteiger partial charge on any atom is -0.493 e. The van der Waals surface area contributed by atoms with Crippen LogP contribution in [0.5, 0.6) is 11.5 Å². The van der Waals surface area contributed by atoms with Crippen LogP contribution in [0.15, 0.2) is 83.7 Å². The summed E-state index contributed by atoms with van der Waals surface area (Å²) in [7, 11) is 1.63. The molecule has 1 amide bonds. The Bertz CT molecular complexity index is 1180. The molecule has 4 aromatic rings. The second-order valence-electron chi connectivity index (χ2n) is 7.56. The van der Waals surface area contributed by atoms with Gasteiger partial charge in [0.1, 0.15) is 6.61 Å². The number of benzene rings is 2. The average molecular weight is 459 g/mol. The topological polar surface area (TPSA) is 60.5 Å². The van der Waals surface area contributed by atoms with Crippen molar-refractivity contribution in [1.82, 2.24) is 10.3 Å². The van der Waals surface area contributed by atoms with Crippen LogP contribution in [0.2, 0.25) is 0 Å². The number of aryl methyl sites for hydroxylation is 1. The summed E-state index contributed by atoms with van der Waals surface area (Å²) in [4.78, 5) is 17.0. The molecule has 4 rings (SSSR count). The fourth-order valence-corrected chi connectivity index (χ4v) is 4.15. The normalized spacial score (nSPS) is 10.6. The third kappa shape index (κ3) is 6.20. The number of hydrogen-bond acceptors (Lipinski definition) is 5. The molecule has 0 unspecified atom stereocenters. The second-order valence-corrected chi connectivity index (χ2v) is 8.34. The van der Waals surface area contributed by atoms with E-state index in [0.717, 1.165) is 27.9 Å². The molecule has 168 valence electrons. The monoisotopic (exact) mass is 458 g/mol. The van der Waals surface area contributed by atoms with Crippen LogP contribution in [-0.4, -0.2) is 18.0 Å². The highest BCUT2D eigenvalue weighted by Gasteiger charge is 2.10. The number of methoxy groups -OCH3 is 1. The van der Waals surface area contributed by atoms with Crippen molar-refractivity contribution in [3.8, 4) is 22.8 Å². The zero-order chi connectivity index (χ0) is 22.9. The van der Waals surface area contributed by atoms with E-state index in [4.69, 9.17) is 9.47 Å². The predicted molar refractivity (Wildman–Crippen MR) is 131 cm³/mol. The molecule has 2 aromatic carbocycles. The molecule has 0 aliphatic carbocycles. The van der Waals surface area contributed by atoms with Gasteiger partial charge in [0.05, 0.1) is 12.8 Å². The highest BCUT2D eigenvalue weighted by Crippen LogP contribution is 2.29. The first-order valence-corrected chi connectivity index (χ1v) is 11.7. The number of nitrogens with one attached hydrogen (secondary N) is 1. The van der Waals surface area contributed by atoms with Crippen molar-refractivity contribution in [1.29, 1.82) is 0 Å². The molecular weight excluding hydrogens is 432 g/mol. The Balaban J connectivity index is 1.33. The van der Waals surface area contributed by atoms with Gasteiger partial charge in [-0.05, 0) is 52.8 Å². The van der Waals surface area contributed by atoms with Crippen LogP contribution in [0, 0.1) is 0 Å². The third-order valence-electron chi connectivity index (χ3n) is 5.27. The molecule has 0 radical (unpaired) electrons. The van der Waals surface area contributed by atoms with E-state index in [2.05, 4.69) is 15.7 Å². The van der Waals surface area contributed by atoms with Gasteiger partial charge in [0.2, 0.25) is 5.91 Å². The van der Waals surface area contributed by atoms with Crippen LogP contribution in [0.3, 0.4) is 0 Å². The summed E-state index contributed by atoms with van der Waals surface area (Å²) >= 11 is 1.63. The van der Waals surface area contributed by atoms with E-state index in [1.54, 1.807) is 24.6 Å². The zero-order valence-electron chi connectivity index (χ0n) is 18.5. The summed E-state index contributed by atoms with van der Waals surface area (Å²) in [6.07, 6.45) is 2.78. The van der Waals surface area contributed by atoms with Gasteiger partial charge in [0, 0.05) is 30.1 Å². The van der Waals surface area contributed by atoms with Gasteiger partial charge < -0.3 is 14.8 Å². The molecule has 0 saturated carbocycles. The van der Waals surface area contributed by atoms with E-state index in [9.17, 15) is 4.79 Å². The van der Waals surface area contributed by atoms with E-state index in [0.29, 0.717) is 37.5 Å². The summed E-state index contributed by atoms with van der Waals surface area (Å²) in [6, 6.07) is 21.7. The standard InChI is InChI=1S/C27H26N2O3S/c1-31-24-11-9-20(16-25(24)32-18-21-6-3-2-4-7-21)10-12-26(30)29-17-22-8-5-14-28-27(22)23-13-15-33-19-23/h2-9,11,13-16,19H,10,12,17-18H2,1H3,(H,29,30). The summed E-state index contributed by atoms with van der Waals surface area (Å²) in [5, 5.41) is 7.12. The van der Waals surface area contributed by atoms with Gasteiger partial charge >= 0.3 is 0 Å². The lowest BCUT2D eigenvalue weighted by Gasteiger charge is -2.13. The molecular formula is C27H26N2O3S. The van der Waals surface area contributed by atoms with Crippen LogP contribution in [-0.2, 0) is 24.4 Å². The molecule has 0 fully saturated rings. The predicted octanol–water partition coefficient (Wildman–Crippen LogP) is 5.65. The van der Waals surface area contributed by atoms with Gasteiger partial charge in [-0.15, -0.1) is 0 Å². The van der Waals surface area contributed by atoms with Crippen molar-refractivity contribution in [3.05, 3.63) is 100 Å². The second kappa shape index (κ2) is 11.3. The van der Waals surface area contributed by atoms with Crippen LogP contribution in [0.4, 0.5) is 0 Å². The molecule has 2 aromatic heterocycles. The van der Waals surface area contributed by atoms with E-state index >= 15 is 0 Å². The van der Waals surface area contributed by atoms with Gasteiger partial charge in [-0.3, -0.25) is 9.78 Å². The number of thiophene rings is 1. The van der Waals surface area contributed by atoms with Crippen LogP contribution in [0.1, 0.15) is 23.1 Å². The number of ether oxygens (including phenoxy) is 2. The minimum absolute atomic E-state index is 0.00214. The van der Waals surface area contributed by atoms with Gasteiger partial charge in [-0.1, -0.05) is 42.5 Å². The fraction of sp³-hybridized carbons (Fsp3) is 0.185. The SMILES string of the molecule is COc1ccc(CCC(=O)NCc2cccnc2-c2ccsc2)cc1OCc1ccccc1. The lowest BCUT2D eigenvalue weighted by Crippen LogP contribution is -2.23. The molecule has 1 N–H and O–H groups in total. The first kappa shape index (κ1) is 22.6. The molecule has 33 heavy (non-hydrogen) atoms.